The minimum Gasteiger partial charge on any atom is -0.311 e. The van der Waals surface area contributed by atoms with Crippen LogP contribution in [0.2, 0.25) is 0 Å². The van der Waals surface area contributed by atoms with Gasteiger partial charge >= 0.3 is 0 Å². The summed E-state index contributed by atoms with van der Waals surface area (Å²) < 4.78 is 0. The summed E-state index contributed by atoms with van der Waals surface area (Å²) >= 11 is 0. The summed E-state index contributed by atoms with van der Waals surface area (Å²) in [4.78, 5) is 20.2. The van der Waals surface area contributed by atoms with E-state index in [0.29, 0.717) is 0 Å². The standard InChI is InChI=1S/C5H10N2O2/c1-4(6-2)5(8)3-7-9/h4,6H,3H2,1-2H3/t4-/m0/s1. The molecule has 0 saturated heterocycles. The highest BCUT2D eigenvalue weighted by Gasteiger charge is 2.08. The molecular weight excluding hydrogens is 120 g/mol. The van der Waals surface area contributed by atoms with E-state index < -0.39 is 0 Å². The first kappa shape index (κ1) is 8.23. The maximum absolute atomic E-state index is 10.6. The van der Waals surface area contributed by atoms with Gasteiger partial charge in [-0.25, -0.2) is 0 Å². The Kier molecular flexibility index (Phi) is 3.79. The second-order valence-electron chi connectivity index (χ2n) is 1.76. The van der Waals surface area contributed by atoms with Gasteiger partial charge in [0.15, 0.2) is 5.78 Å². The highest BCUT2D eigenvalue weighted by Crippen LogP contribution is 1.82. The average Bonchev–Trinajstić information content (AvgIpc) is 1.87. The summed E-state index contributed by atoms with van der Waals surface area (Å²) in [6.45, 7) is 1.45. The molecule has 0 spiro atoms. The Morgan fingerprint density at radius 3 is 2.67 bits per heavy atom. The van der Waals surface area contributed by atoms with Gasteiger partial charge in [-0.05, 0) is 14.0 Å². The second-order valence-corrected chi connectivity index (χ2v) is 1.76. The number of Topliss-reactive ketones (excluding diaryl/α,β-unsaturated/α-hetero) is 1. The van der Waals surface area contributed by atoms with Crippen molar-refractivity contribution in [3.8, 4) is 0 Å². The zero-order valence-electron chi connectivity index (χ0n) is 5.55. The number of hydrogen-bond donors (Lipinski definition) is 1. The SMILES string of the molecule is CN[C@@H](C)C(=O)CN=O. The van der Waals surface area contributed by atoms with Gasteiger partial charge < -0.3 is 5.32 Å². The number of carbonyl (C=O) groups excluding carboxylic acids is 1. The largest absolute Gasteiger partial charge is 0.311 e. The number of hydrogen-bond acceptors (Lipinski definition) is 4. The Balaban J connectivity index is 3.58. The molecule has 0 rings (SSSR count). The summed E-state index contributed by atoms with van der Waals surface area (Å²) in [5, 5.41) is 5.17. The van der Waals surface area contributed by atoms with Gasteiger partial charge in [-0.3, -0.25) is 4.79 Å². The number of likely N-dealkylation sites (N-methyl/N-ethyl adjacent to an activating group) is 1. The van der Waals surface area contributed by atoms with E-state index in [1.165, 1.54) is 0 Å². The third kappa shape index (κ3) is 2.92. The highest BCUT2D eigenvalue weighted by molar-refractivity contribution is 5.85. The van der Waals surface area contributed by atoms with Crippen molar-refractivity contribution in [3.63, 3.8) is 0 Å². The molecule has 0 saturated carbocycles. The molecule has 0 fully saturated rings. The van der Waals surface area contributed by atoms with E-state index >= 15 is 0 Å². The molecule has 0 aliphatic heterocycles. The molecule has 0 aromatic rings. The number of rotatable bonds is 4. The Morgan fingerprint density at radius 2 is 2.33 bits per heavy atom. The van der Waals surface area contributed by atoms with Crippen molar-refractivity contribution in [1.29, 1.82) is 0 Å². The fourth-order valence-corrected chi connectivity index (χ4v) is 0.362. The zero-order valence-corrected chi connectivity index (χ0v) is 5.55. The molecule has 0 aliphatic rings. The molecule has 52 valence electrons. The van der Waals surface area contributed by atoms with Crippen molar-refractivity contribution >= 4 is 5.78 Å². The normalized spacial score (nSPS) is 12.7. The van der Waals surface area contributed by atoms with Crippen molar-refractivity contribution in [2.24, 2.45) is 5.18 Å². The molecule has 0 amide bonds. The first-order chi connectivity index (χ1) is 4.22. The maximum Gasteiger partial charge on any atom is 0.174 e. The third-order valence-electron chi connectivity index (χ3n) is 1.14. The van der Waals surface area contributed by atoms with Gasteiger partial charge in [0.25, 0.3) is 0 Å². The number of carbonyl (C=O) groups is 1. The molecule has 0 unspecified atom stereocenters. The van der Waals surface area contributed by atoms with Crippen molar-refractivity contribution in [3.05, 3.63) is 4.91 Å². The van der Waals surface area contributed by atoms with Gasteiger partial charge in [-0.2, -0.15) is 4.91 Å². The van der Waals surface area contributed by atoms with Crippen LogP contribution in [0.3, 0.4) is 0 Å². The molecule has 0 aromatic carbocycles. The van der Waals surface area contributed by atoms with Crippen molar-refractivity contribution in [2.75, 3.05) is 13.6 Å². The summed E-state index contributed by atoms with van der Waals surface area (Å²) in [6, 6.07) is -0.261. The highest BCUT2D eigenvalue weighted by atomic mass is 16.3. The van der Waals surface area contributed by atoms with Crippen LogP contribution in [0.4, 0.5) is 0 Å². The minimum atomic E-state index is -0.261. The van der Waals surface area contributed by atoms with Crippen LogP contribution in [0, 0.1) is 4.91 Å². The summed E-state index contributed by atoms with van der Waals surface area (Å²) in [6.07, 6.45) is 0. The summed E-state index contributed by atoms with van der Waals surface area (Å²) in [5.41, 5.74) is 0. The number of nitrogens with one attached hydrogen (secondary N) is 1. The van der Waals surface area contributed by atoms with Gasteiger partial charge in [0.05, 0.1) is 6.04 Å². The molecule has 0 aromatic heterocycles. The van der Waals surface area contributed by atoms with E-state index in [4.69, 9.17) is 0 Å². The Labute approximate surface area is 53.6 Å². The van der Waals surface area contributed by atoms with Gasteiger partial charge in [-0.1, -0.05) is 5.18 Å². The lowest BCUT2D eigenvalue weighted by Crippen LogP contribution is -2.32. The van der Waals surface area contributed by atoms with Crippen molar-refractivity contribution in [2.45, 2.75) is 13.0 Å². The molecular formula is C5H10N2O2. The van der Waals surface area contributed by atoms with Crippen LogP contribution in [0.5, 0.6) is 0 Å². The van der Waals surface area contributed by atoms with Crippen LogP contribution in [0.25, 0.3) is 0 Å². The predicted molar refractivity (Wildman–Crippen MR) is 34.2 cm³/mol. The van der Waals surface area contributed by atoms with Crippen LogP contribution in [0.15, 0.2) is 5.18 Å². The van der Waals surface area contributed by atoms with Crippen molar-refractivity contribution in [1.82, 2.24) is 5.32 Å². The number of nitroso groups, excluding NO2 is 1. The summed E-state index contributed by atoms with van der Waals surface area (Å²) in [7, 11) is 1.66. The molecule has 4 heteroatoms. The van der Waals surface area contributed by atoms with Crippen LogP contribution in [-0.2, 0) is 4.79 Å². The van der Waals surface area contributed by atoms with E-state index in [9.17, 15) is 9.70 Å². The van der Waals surface area contributed by atoms with Crippen molar-refractivity contribution < 1.29 is 4.79 Å². The van der Waals surface area contributed by atoms with E-state index in [0.717, 1.165) is 0 Å². The Morgan fingerprint density at radius 1 is 1.78 bits per heavy atom. The van der Waals surface area contributed by atoms with Gasteiger partial charge in [0.2, 0.25) is 0 Å². The van der Waals surface area contributed by atoms with Crippen LogP contribution in [-0.4, -0.2) is 25.4 Å². The van der Waals surface area contributed by atoms with E-state index in [-0.39, 0.29) is 18.4 Å². The smallest absolute Gasteiger partial charge is 0.174 e. The molecule has 4 nitrogen and oxygen atoms in total. The summed E-state index contributed by atoms with van der Waals surface area (Å²) in [5.74, 6) is -0.174. The van der Waals surface area contributed by atoms with Crippen LogP contribution in [0.1, 0.15) is 6.92 Å². The average molecular weight is 130 g/mol. The lowest BCUT2D eigenvalue weighted by atomic mass is 10.2. The van der Waals surface area contributed by atoms with E-state index in [2.05, 4.69) is 10.5 Å². The van der Waals surface area contributed by atoms with Gasteiger partial charge in [0, 0.05) is 0 Å². The molecule has 0 radical (unpaired) electrons. The first-order valence-corrected chi connectivity index (χ1v) is 2.71. The predicted octanol–water partition coefficient (Wildman–Crippen LogP) is -0.0702. The monoisotopic (exact) mass is 130 g/mol. The number of ketones is 1. The fourth-order valence-electron chi connectivity index (χ4n) is 0.362. The molecule has 9 heavy (non-hydrogen) atoms. The molecule has 0 aliphatic carbocycles. The van der Waals surface area contributed by atoms with Crippen LogP contribution < -0.4 is 5.32 Å². The van der Waals surface area contributed by atoms with Gasteiger partial charge in [-0.15, -0.1) is 0 Å². The Bertz CT molecular complexity index is 114. The molecule has 0 bridgehead atoms. The fraction of sp³-hybridized carbons (Fsp3) is 0.800. The number of nitrogens with zero attached hydrogens (tertiary/aromatic N) is 1. The van der Waals surface area contributed by atoms with E-state index in [1.54, 1.807) is 14.0 Å². The van der Waals surface area contributed by atoms with Crippen LogP contribution >= 0.6 is 0 Å². The first-order valence-electron chi connectivity index (χ1n) is 2.71. The quantitative estimate of drug-likeness (QED) is 0.542. The second kappa shape index (κ2) is 4.14. The maximum atomic E-state index is 10.6. The van der Waals surface area contributed by atoms with Gasteiger partial charge in [0.1, 0.15) is 6.54 Å². The molecule has 1 N–H and O–H groups in total. The molecule has 1 atom stereocenters. The van der Waals surface area contributed by atoms with E-state index in [1.807, 2.05) is 0 Å². The third-order valence-corrected chi connectivity index (χ3v) is 1.14. The lowest BCUT2D eigenvalue weighted by Gasteiger charge is -2.03. The lowest BCUT2D eigenvalue weighted by molar-refractivity contribution is -0.119. The topological polar surface area (TPSA) is 58.5 Å². The Hall–Kier alpha value is -0.770. The minimum absolute atomic E-state index is 0.174. The molecule has 0 heterocycles. The zero-order chi connectivity index (χ0) is 7.28.